The third kappa shape index (κ3) is 2.69. The van der Waals surface area contributed by atoms with E-state index >= 15 is 0 Å². The van der Waals surface area contributed by atoms with E-state index in [4.69, 9.17) is 17.3 Å². The van der Waals surface area contributed by atoms with Crippen LogP contribution >= 0.6 is 11.6 Å². The Morgan fingerprint density at radius 3 is 2.74 bits per heavy atom. The van der Waals surface area contributed by atoms with E-state index in [0.717, 1.165) is 24.1 Å². The number of nitrogens with two attached hydrogens (primary N) is 1. The highest BCUT2D eigenvalue weighted by atomic mass is 35.5. The van der Waals surface area contributed by atoms with Crippen molar-refractivity contribution < 1.29 is 0 Å². The number of fused-ring (bicyclic) bond motifs is 1. The van der Waals surface area contributed by atoms with Crippen LogP contribution in [0.15, 0.2) is 18.2 Å². The SMILES string of the molecule is Nc1nc2cc(Cl)ccc2n1CCN1CCCCC1. The van der Waals surface area contributed by atoms with Crippen LogP contribution in [0.25, 0.3) is 11.0 Å². The summed E-state index contributed by atoms with van der Waals surface area (Å²) in [6, 6.07) is 5.75. The van der Waals surface area contributed by atoms with Crippen molar-refractivity contribution in [3.63, 3.8) is 0 Å². The zero-order chi connectivity index (χ0) is 13.2. The molecule has 0 bridgehead atoms. The molecule has 2 aromatic rings. The number of likely N-dealkylation sites (tertiary alicyclic amines) is 1. The number of hydrogen-bond donors (Lipinski definition) is 1. The molecular weight excluding hydrogens is 260 g/mol. The normalized spacial score (nSPS) is 17.1. The molecule has 1 aromatic carbocycles. The molecule has 1 aromatic heterocycles. The summed E-state index contributed by atoms with van der Waals surface area (Å²) in [6.07, 6.45) is 4.00. The van der Waals surface area contributed by atoms with Gasteiger partial charge in [0.1, 0.15) is 0 Å². The molecule has 2 N–H and O–H groups in total. The fourth-order valence-electron chi connectivity index (χ4n) is 2.78. The lowest BCUT2D eigenvalue weighted by Gasteiger charge is -2.26. The van der Waals surface area contributed by atoms with E-state index in [-0.39, 0.29) is 0 Å². The summed E-state index contributed by atoms with van der Waals surface area (Å²) in [5.74, 6) is 0.578. The van der Waals surface area contributed by atoms with E-state index in [9.17, 15) is 0 Å². The van der Waals surface area contributed by atoms with Crippen molar-refractivity contribution in [2.75, 3.05) is 25.4 Å². The Kier molecular flexibility index (Phi) is 3.62. The summed E-state index contributed by atoms with van der Waals surface area (Å²) in [5.41, 5.74) is 7.96. The molecule has 4 nitrogen and oxygen atoms in total. The van der Waals surface area contributed by atoms with Gasteiger partial charge in [0.2, 0.25) is 5.95 Å². The van der Waals surface area contributed by atoms with Crippen LogP contribution in [0.4, 0.5) is 5.95 Å². The first kappa shape index (κ1) is 12.8. The number of benzene rings is 1. The maximum Gasteiger partial charge on any atom is 0.201 e. The van der Waals surface area contributed by atoms with Crippen molar-refractivity contribution >= 4 is 28.6 Å². The van der Waals surface area contributed by atoms with Gasteiger partial charge in [-0.3, -0.25) is 0 Å². The number of nitrogen functional groups attached to an aromatic ring is 1. The van der Waals surface area contributed by atoms with Crippen molar-refractivity contribution in [2.45, 2.75) is 25.8 Å². The summed E-state index contributed by atoms with van der Waals surface area (Å²) in [7, 11) is 0. The highest BCUT2D eigenvalue weighted by molar-refractivity contribution is 6.31. The fraction of sp³-hybridized carbons (Fsp3) is 0.500. The van der Waals surface area contributed by atoms with Crippen LogP contribution in [0.1, 0.15) is 19.3 Å². The standard InChI is InChI=1S/C14H19ClN4/c15-11-4-5-13-12(10-11)17-14(16)19(13)9-8-18-6-2-1-3-7-18/h4-5,10H,1-3,6-9H2,(H2,16,17). The second-order valence-corrected chi connectivity index (χ2v) is 5.59. The van der Waals surface area contributed by atoms with Gasteiger partial charge in [0.05, 0.1) is 11.0 Å². The van der Waals surface area contributed by atoms with Crippen LogP contribution in [0, 0.1) is 0 Å². The fourth-order valence-corrected chi connectivity index (χ4v) is 2.95. The lowest BCUT2D eigenvalue weighted by molar-refractivity contribution is 0.222. The van der Waals surface area contributed by atoms with Crippen LogP contribution < -0.4 is 5.73 Å². The zero-order valence-corrected chi connectivity index (χ0v) is 11.7. The summed E-state index contributed by atoms with van der Waals surface area (Å²) >= 11 is 5.98. The summed E-state index contributed by atoms with van der Waals surface area (Å²) in [5, 5.41) is 0.702. The first-order valence-corrected chi connectivity index (χ1v) is 7.25. The van der Waals surface area contributed by atoms with Crippen molar-refractivity contribution in [2.24, 2.45) is 0 Å². The van der Waals surface area contributed by atoms with E-state index in [2.05, 4.69) is 14.5 Å². The second kappa shape index (κ2) is 5.39. The quantitative estimate of drug-likeness (QED) is 0.939. The first-order chi connectivity index (χ1) is 9.24. The van der Waals surface area contributed by atoms with Gasteiger partial charge in [0.15, 0.2) is 0 Å². The highest BCUT2D eigenvalue weighted by Crippen LogP contribution is 2.21. The van der Waals surface area contributed by atoms with Crippen molar-refractivity contribution in [3.8, 4) is 0 Å². The molecular formula is C14H19ClN4. The van der Waals surface area contributed by atoms with Gasteiger partial charge < -0.3 is 15.2 Å². The number of imidazole rings is 1. The zero-order valence-electron chi connectivity index (χ0n) is 11.0. The molecule has 1 saturated heterocycles. The second-order valence-electron chi connectivity index (χ2n) is 5.16. The number of anilines is 1. The van der Waals surface area contributed by atoms with Crippen LogP contribution in [0.5, 0.6) is 0 Å². The minimum Gasteiger partial charge on any atom is -0.369 e. The average molecular weight is 279 g/mol. The molecule has 0 aliphatic carbocycles. The molecule has 3 rings (SSSR count). The molecule has 102 valence electrons. The van der Waals surface area contributed by atoms with Gasteiger partial charge in [-0.25, -0.2) is 4.98 Å². The van der Waals surface area contributed by atoms with E-state index in [1.54, 1.807) is 0 Å². The van der Waals surface area contributed by atoms with Crippen molar-refractivity contribution in [3.05, 3.63) is 23.2 Å². The number of hydrogen-bond acceptors (Lipinski definition) is 3. The van der Waals surface area contributed by atoms with E-state index in [1.807, 2.05) is 18.2 Å². The molecule has 19 heavy (non-hydrogen) atoms. The Balaban J connectivity index is 1.78. The highest BCUT2D eigenvalue weighted by Gasteiger charge is 2.12. The third-order valence-electron chi connectivity index (χ3n) is 3.83. The Morgan fingerprint density at radius 2 is 1.95 bits per heavy atom. The molecule has 0 amide bonds. The first-order valence-electron chi connectivity index (χ1n) is 6.88. The minimum absolute atomic E-state index is 0.578. The number of halogens is 1. The summed E-state index contributed by atoms with van der Waals surface area (Å²) in [4.78, 5) is 6.88. The Labute approximate surface area is 118 Å². The Hall–Kier alpha value is -1.26. The van der Waals surface area contributed by atoms with Gasteiger partial charge in [-0.05, 0) is 44.1 Å². The van der Waals surface area contributed by atoms with Crippen molar-refractivity contribution in [1.29, 1.82) is 0 Å². The monoisotopic (exact) mass is 278 g/mol. The molecule has 5 heteroatoms. The lowest BCUT2D eigenvalue weighted by atomic mass is 10.1. The molecule has 1 aliphatic rings. The van der Waals surface area contributed by atoms with E-state index < -0.39 is 0 Å². The van der Waals surface area contributed by atoms with Crippen LogP contribution in [-0.4, -0.2) is 34.1 Å². The third-order valence-corrected chi connectivity index (χ3v) is 4.06. The molecule has 0 unspecified atom stereocenters. The van der Waals surface area contributed by atoms with Gasteiger partial charge >= 0.3 is 0 Å². The van der Waals surface area contributed by atoms with Crippen molar-refractivity contribution in [1.82, 2.24) is 14.5 Å². The molecule has 0 spiro atoms. The van der Waals surface area contributed by atoms with E-state index in [1.165, 1.54) is 32.4 Å². The molecule has 2 heterocycles. The predicted octanol–water partition coefficient (Wildman–Crippen LogP) is 2.76. The molecule has 1 fully saturated rings. The van der Waals surface area contributed by atoms with Crippen LogP contribution in [-0.2, 0) is 6.54 Å². The predicted molar refractivity (Wildman–Crippen MR) is 79.4 cm³/mol. The van der Waals surface area contributed by atoms with Gasteiger partial charge in [-0.15, -0.1) is 0 Å². The molecule has 0 radical (unpaired) electrons. The van der Waals surface area contributed by atoms with E-state index in [0.29, 0.717) is 11.0 Å². The van der Waals surface area contributed by atoms with Gasteiger partial charge in [0.25, 0.3) is 0 Å². The van der Waals surface area contributed by atoms with Crippen LogP contribution in [0.3, 0.4) is 0 Å². The van der Waals surface area contributed by atoms with Gasteiger partial charge in [-0.2, -0.15) is 0 Å². The minimum atomic E-state index is 0.578. The lowest BCUT2D eigenvalue weighted by Crippen LogP contribution is -2.32. The topological polar surface area (TPSA) is 47.1 Å². The summed E-state index contributed by atoms with van der Waals surface area (Å²) < 4.78 is 2.08. The number of aromatic nitrogens is 2. The molecule has 1 aliphatic heterocycles. The number of rotatable bonds is 3. The molecule has 0 saturated carbocycles. The maximum absolute atomic E-state index is 6.01. The number of piperidine rings is 1. The largest absolute Gasteiger partial charge is 0.369 e. The average Bonchev–Trinajstić information content (AvgIpc) is 2.72. The maximum atomic E-state index is 6.01. The Morgan fingerprint density at radius 1 is 1.16 bits per heavy atom. The molecule has 0 atom stereocenters. The van der Waals surface area contributed by atoms with Crippen LogP contribution in [0.2, 0.25) is 5.02 Å². The summed E-state index contributed by atoms with van der Waals surface area (Å²) in [6.45, 7) is 4.35. The smallest absolute Gasteiger partial charge is 0.201 e. The van der Waals surface area contributed by atoms with Gasteiger partial charge in [-0.1, -0.05) is 18.0 Å². The Bertz CT molecular complexity index is 572. The van der Waals surface area contributed by atoms with Gasteiger partial charge in [0, 0.05) is 18.1 Å². The number of nitrogens with zero attached hydrogens (tertiary/aromatic N) is 3.